The van der Waals surface area contributed by atoms with Crippen molar-refractivity contribution in [2.45, 2.75) is 19.5 Å². The van der Waals surface area contributed by atoms with Gasteiger partial charge in [-0.05, 0) is 23.3 Å². The summed E-state index contributed by atoms with van der Waals surface area (Å²) < 4.78 is 5.47. The molecule has 1 heterocycles. The van der Waals surface area contributed by atoms with Gasteiger partial charge in [0.15, 0.2) is 6.61 Å². The number of carbonyl (C=O) groups is 2. The second-order valence-corrected chi connectivity index (χ2v) is 7.41. The molecule has 2 amide bonds. The van der Waals surface area contributed by atoms with E-state index in [1.54, 1.807) is 4.90 Å². The highest BCUT2D eigenvalue weighted by atomic mass is 16.5. The number of nitrogens with zero attached hydrogens (tertiary/aromatic N) is 2. The van der Waals surface area contributed by atoms with E-state index in [0.717, 1.165) is 11.1 Å². The van der Waals surface area contributed by atoms with Gasteiger partial charge in [-0.3, -0.25) is 15.0 Å². The fourth-order valence-electron chi connectivity index (χ4n) is 3.59. The van der Waals surface area contributed by atoms with E-state index in [9.17, 15) is 9.59 Å². The summed E-state index contributed by atoms with van der Waals surface area (Å²) in [6.07, 6.45) is 0.195. The fourth-order valence-corrected chi connectivity index (χ4v) is 3.59. The Hall–Kier alpha value is -3.64. The number of hydrazine groups is 1. The topological polar surface area (TPSA) is 61.9 Å². The highest BCUT2D eigenvalue weighted by molar-refractivity contribution is 5.98. The van der Waals surface area contributed by atoms with Gasteiger partial charge in [0.25, 0.3) is 5.91 Å². The Morgan fingerprint density at radius 2 is 1.45 bits per heavy atom. The van der Waals surface area contributed by atoms with Crippen LogP contribution < -0.4 is 15.1 Å². The Kier molecular flexibility index (Phi) is 6.59. The maximum atomic E-state index is 12.8. The molecule has 1 aliphatic heterocycles. The van der Waals surface area contributed by atoms with Gasteiger partial charge in [-0.25, -0.2) is 5.01 Å². The van der Waals surface area contributed by atoms with Crippen LogP contribution >= 0.6 is 0 Å². The van der Waals surface area contributed by atoms with Gasteiger partial charge in [0.2, 0.25) is 5.91 Å². The number of hydrogen-bond acceptors (Lipinski definition) is 4. The molecular formula is C25H25N3O3. The summed E-state index contributed by atoms with van der Waals surface area (Å²) in [6, 6.07) is 27.4. The van der Waals surface area contributed by atoms with Crippen LogP contribution in [0.25, 0.3) is 0 Å². The second kappa shape index (κ2) is 9.91. The van der Waals surface area contributed by atoms with Crippen LogP contribution in [0.2, 0.25) is 0 Å². The van der Waals surface area contributed by atoms with Crippen molar-refractivity contribution in [1.82, 2.24) is 10.4 Å². The van der Waals surface area contributed by atoms with Crippen LogP contribution in [0.3, 0.4) is 0 Å². The Labute approximate surface area is 182 Å². The molecule has 0 aliphatic carbocycles. The number of ether oxygens (including phenoxy) is 1. The van der Waals surface area contributed by atoms with E-state index >= 15 is 0 Å². The molecule has 0 saturated heterocycles. The number of fused-ring (bicyclic) bond motifs is 1. The molecule has 31 heavy (non-hydrogen) atoms. The minimum absolute atomic E-state index is 0.00717. The molecule has 4 rings (SSSR count). The average Bonchev–Trinajstić information content (AvgIpc) is 2.80. The van der Waals surface area contributed by atoms with E-state index in [4.69, 9.17) is 4.74 Å². The number of carbonyl (C=O) groups excluding carboxylic acids is 2. The zero-order valence-electron chi connectivity index (χ0n) is 17.2. The molecule has 0 unspecified atom stereocenters. The molecule has 0 atom stereocenters. The molecule has 6 heteroatoms. The lowest BCUT2D eigenvalue weighted by Gasteiger charge is -2.29. The van der Waals surface area contributed by atoms with Crippen LogP contribution in [0.15, 0.2) is 84.9 Å². The van der Waals surface area contributed by atoms with Gasteiger partial charge in [-0.1, -0.05) is 72.8 Å². The quantitative estimate of drug-likeness (QED) is 0.572. The molecular weight excluding hydrogens is 390 g/mol. The Balaban J connectivity index is 1.40. The molecule has 3 aromatic rings. The van der Waals surface area contributed by atoms with E-state index in [-0.39, 0.29) is 24.8 Å². The van der Waals surface area contributed by atoms with Crippen LogP contribution in [0.4, 0.5) is 5.69 Å². The zero-order valence-corrected chi connectivity index (χ0v) is 17.2. The largest absolute Gasteiger partial charge is 0.482 e. The number of hydrogen-bond donors (Lipinski definition) is 1. The van der Waals surface area contributed by atoms with E-state index in [1.165, 1.54) is 0 Å². The van der Waals surface area contributed by atoms with E-state index in [2.05, 4.69) is 5.43 Å². The monoisotopic (exact) mass is 415 g/mol. The summed E-state index contributed by atoms with van der Waals surface area (Å²) >= 11 is 0. The van der Waals surface area contributed by atoms with Crippen molar-refractivity contribution in [3.8, 4) is 5.75 Å². The zero-order chi connectivity index (χ0) is 21.5. The molecule has 0 radical (unpaired) electrons. The van der Waals surface area contributed by atoms with E-state index < -0.39 is 0 Å². The Morgan fingerprint density at radius 1 is 0.871 bits per heavy atom. The first-order valence-corrected chi connectivity index (χ1v) is 10.3. The van der Waals surface area contributed by atoms with Crippen molar-refractivity contribution in [2.24, 2.45) is 0 Å². The maximum absolute atomic E-state index is 12.8. The molecule has 1 aliphatic rings. The summed E-state index contributed by atoms with van der Waals surface area (Å²) in [6.45, 7) is 1.46. The van der Waals surface area contributed by atoms with Crippen molar-refractivity contribution in [3.05, 3.63) is 96.1 Å². The number of nitrogens with one attached hydrogen (secondary N) is 1. The fraction of sp³-hybridized carbons (Fsp3) is 0.200. The van der Waals surface area contributed by atoms with Gasteiger partial charge in [0, 0.05) is 26.1 Å². The molecule has 3 aromatic carbocycles. The Bertz CT molecular complexity index is 983. The first kappa shape index (κ1) is 20.6. The van der Waals surface area contributed by atoms with Gasteiger partial charge < -0.3 is 9.64 Å². The lowest BCUT2D eigenvalue weighted by Crippen LogP contribution is -2.44. The van der Waals surface area contributed by atoms with Crippen LogP contribution in [-0.4, -0.2) is 30.0 Å². The van der Waals surface area contributed by atoms with Gasteiger partial charge in [-0.2, -0.15) is 0 Å². The van der Waals surface area contributed by atoms with Crippen molar-refractivity contribution in [3.63, 3.8) is 0 Å². The molecule has 0 spiro atoms. The second-order valence-electron chi connectivity index (χ2n) is 7.41. The first-order valence-electron chi connectivity index (χ1n) is 10.3. The molecule has 0 bridgehead atoms. The lowest BCUT2D eigenvalue weighted by atomic mass is 10.2. The number of amides is 2. The summed E-state index contributed by atoms with van der Waals surface area (Å²) in [5.41, 5.74) is 5.94. The van der Waals surface area contributed by atoms with Crippen molar-refractivity contribution >= 4 is 17.5 Å². The molecule has 0 fully saturated rings. The summed E-state index contributed by atoms with van der Waals surface area (Å²) in [7, 11) is 0. The number of benzene rings is 3. The first-order chi connectivity index (χ1) is 15.2. The highest BCUT2D eigenvalue weighted by Crippen LogP contribution is 2.31. The van der Waals surface area contributed by atoms with Crippen molar-refractivity contribution in [1.29, 1.82) is 0 Å². The third-order valence-electron chi connectivity index (χ3n) is 5.09. The third kappa shape index (κ3) is 5.49. The summed E-state index contributed by atoms with van der Waals surface area (Å²) in [4.78, 5) is 26.7. The van der Waals surface area contributed by atoms with Crippen LogP contribution in [0.5, 0.6) is 5.75 Å². The minimum atomic E-state index is -0.142. The van der Waals surface area contributed by atoms with E-state index in [0.29, 0.717) is 31.1 Å². The SMILES string of the molecule is O=C(CCN1C(=O)COc2ccccc21)NN(Cc1ccccc1)Cc1ccccc1. The van der Waals surface area contributed by atoms with Crippen molar-refractivity contribution in [2.75, 3.05) is 18.1 Å². The summed E-state index contributed by atoms with van der Waals surface area (Å²) in [5, 5.41) is 1.90. The third-order valence-corrected chi connectivity index (χ3v) is 5.09. The van der Waals surface area contributed by atoms with Crippen LogP contribution in [0.1, 0.15) is 17.5 Å². The van der Waals surface area contributed by atoms with E-state index in [1.807, 2.05) is 89.9 Å². The molecule has 0 aromatic heterocycles. The molecule has 1 N–H and O–H groups in total. The number of para-hydroxylation sites is 2. The highest BCUT2D eigenvalue weighted by Gasteiger charge is 2.25. The van der Waals surface area contributed by atoms with Gasteiger partial charge >= 0.3 is 0 Å². The minimum Gasteiger partial charge on any atom is -0.482 e. The average molecular weight is 415 g/mol. The lowest BCUT2D eigenvalue weighted by molar-refractivity contribution is -0.126. The predicted octanol–water partition coefficient (Wildman–Crippen LogP) is 3.54. The standard InChI is InChI=1S/C25H25N3O3/c29-24(15-16-28-22-13-7-8-14-23(22)31-19-25(28)30)26-27(17-20-9-3-1-4-10-20)18-21-11-5-2-6-12-21/h1-14H,15-19H2,(H,26,29). The molecule has 0 saturated carbocycles. The smallest absolute Gasteiger partial charge is 0.265 e. The van der Waals surface area contributed by atoms with Crippen molar-refractivity contribution < 1.29 is 14.3 Å². The molecule has 158 valence electrons. The normalized spacial score (nSPS) is 12.9. The number of anilines is 1. The van der Waals surface area contributed by atoms with Gasteiger partial charge in [0.05, 0.1) is 5.69 Å². The maximum Gasteiger partial charge on any atom is 0.265 e. The van der Waals surface area contributed by atoms with Gasteiger partial charge in [-0.15, -0.1) is 0 Å². The van der Waals surface area contributed by atoms with Gasteiger partial charge in [0.1, 0.15) is 5.75 Å². The van der Waals surface area contributed by atoms with Crippen LogP contribution in [-0.2, 0) is 22.7 Å². The molecule has 6 nitrogen and oxygen atoms in total. The predicted molar refractivity (Wildman–Crippen MR) is 119 cm³/mol. The number of rotatable bonds is 8. The summed E-state index contributed by atoms with van der Waals surface area (Å²) in [5.74, 6) is 0.387. The van der Waals surface area contributed by atoms with Crippen LogP contribution in [0, 0.1) is 0 Å². The Morgan fingerprint density at radius 3 is 2.10 bits per heavy atom.